The first-order valence-electron chi connectivity index (χ1n) is 6.27. The molecule has 2 rings (SSSR count). The molecule has 2 heteroatoms. The summed E-state index contributed by atoms with van der Waals surface area (Å²) in [7, 11) is 0. The lowest BCUT2D eigenvalue weighted by Gasteiger charge is -2.55. The van der Waals surface area contributed by atoms with E-state index in [4.69, 9.17) is 4.74 Å². The lowest BCUT2D eigenvalue weighted by Crippen LogP contribution is -2.56. The highest BCUT2D eigenvalue weighted by molar-refractivity contribution is 5.71. The number of hydrogen-bond donors (Lipinski definition) is 0. The molecule has 2 unspecified atom stereocenters. The van der Waals surface area contributed by atoms with Gasteiger partial charge in [0.15, 0.2) is 0 Å². The quantitative estimate of drug-likeness (QED) is 0.502. The Bertz CT molecular complexity index is 319. The summed E-state index contributed by atoms with van der Waals surface area (Å²) in [5, 5.41) is 0. The van der Waals surface area contributed by atoms with Gasteiger partial charge in [-0.15, -0.1) is 0 Å². The average molecular weight is 222 g/mol. The first-order valence-corrected chi connectivity index (χ1v) is 6.27. The van der Waals surface area contributed by atoms with E-state index >= 15 is 0 Å². The molecule has 2 aliphatic rings. The van der Waals surface area contributed by atoms with Gasteiger partial charge >= 0.3 is 5.97 Å². The highest BCUT2D eigenvalue weighted by atomic mass is 16.6. The van der Waals surface area contributed by atoms with Crippen molar-refractivity contribution in [1.82, 2.24) is 0 Å². The van der Waals surface area contributed by atoms with Crippen LogP contribution in [0.5, 0.6) is 0 Å². The highest BCUT2D eigenvalue weighted by Crippen LogP contribution is 2.54. The number of carbonyl (C=O) groups excluding carboxylic acids is 1. The van der Waals surface area contributed by atoms with Crippen molar-refractivity contribution < 1.29 is 9.53 Å². The summed E-state index contributed by atoms with van der Waals surface area (Å²) in [6.45, 7) is 10.7. The van der Waals surface area contributed by atoms with E-state index in [1.165, 1.54) is 6.42 Å². The summed E-state index contributed by atoms with van der Waals surface area (Å²) in [6.07, 6.45) is 5.72. The van der Waals surface area contributed by atoms with E-state index in [0.29, 0.717) is 18.3 Å². The Balaban J connectivity index is 2.41. The van der Waals surface area contributed by atoms with E-state index < -0.39 is 5.60 Å². The fraction of sp³-hybridized carbons (Fsp3) is 0.786. The fourth-order valence-electron chi connectivity index (χ4n) is 4.06. The summed E-state index contributed by atoms with van der Waals surface area (Å²) < 4.78 is 5.68. The van der Waals surface area contributed by atoms with Crippen molar-refractivity contribution in [3.05, 3.63) is 12.7 Å². The van der Waals surface area contributed by atoms with E-state index in [-0.39, 0.29) is 11.4 Å². The standard InChI is InChI=1S/C14H22O2/c1-5-14-8-6-7-13(3,4)12(14)10(2)9-11(15)16-14/h5,10,12H,1,6-9H2,2-4H3/t10-,12?,14?/m1/s1. The minimum atomic E-state index is -0.392. The van der Waals surface area contributed by atoms with Crippen molar-refractivity contribution in [2.45, 2.75) is 52.1 Å². The highest BCUT2D eigenvalue weighted by Gasteiger charge is 2.55. The predicted molar refractivity (Wildman–Crippen MR) is 63.9 cm³/mol. The van der Waals surface area contributed by atoms with Gasteiger partial charge in [0.05, 0.1) is 0 Å². The maximum absolute atomic E-state index is 11.6. The number of fused-ring (bicyclic) bond motifs is 1. The third kappa shape index (κ3) is 1.59. The Morgan fingerprint density at radius 3 is 2.75 bits per heavy atom. The lowest BCUT2D eigenvalue weighted by atomic mass is 9.56. The number of carbonyl (C=O) groups is 1. The molecule has 0 N–H and O–H groups in total. The second-order valence-corrected chi connectivity index (χ2v) is 6.13. The number of rotatable bonds is 1. The monoisotopic (exact) mass is 222 g/mol. The summed E-state index contributed by atoms with van der Waals surface area (Å²) in [5.41, 5.74) is -0.150. The molecule has 1 saturated heterocycles. The summed E-state index contributed by atoms with van der Waals surface area (Å²) in [5.74, 6) is 0.764. The van der Waals surface area contributed by atoms with Gasteiger partial charge in [-0.2, -0.15) is 0 Å². The molecule has 2 fully saturated rings. The van der Waals surface area contributed by atoms with Crippen molar-refractivity contribution in [1.29, 1.82) is 0 Å². The van der Waals surface area contributed by atoms with Gasteiger partial charge in [-0.3, -0.25) is 4.79 Å². The van der Waals surface area contributed by atoms with Crippen LogP contribution in [0.3, 0.4) is 0 Å². The maximum Gasteiger partial charge on any atom is 0.306 e. The summed E-state index contributed by atoms with van der Waals surface area (Å²) in [6, 6.07) is 0. The molecular formula is C14H22O2. The molecule has 1 heterocycles. The van der Waals surface area contributed by atoms with Crippen molar-refractivity contribution in [2.75, 3.05) is 0 Å². The van der Waals surface area contributed by atoms with Crippen LogP contribution in [0, 0.1) is 17.3 Å². The molecular weight excluding hydrogens is 200 g/mol. The molecule has 0 radical (unpaired) electrons. The molecule has 3 atom stereocenters. The first-order chi connectivity index (χ1) is 7.41. The lowest BCUT2D eigenvalue weighted by molar-refractivity contribution is -0.192. The van der Waals surface area contributed by atoms with Crippen LogP contribution in [-0.2, 0) is 9.53 Å². The molecule has 1 aliphatic heterocycles. The second kappa shape index (κ2) is 3.61. The Morgan fingerprint density at radius 1 is 1.44 bits per heavy atom. The Morgan fingerprint density at radius 2 is 2.12 bits per heavy atom. The van der Waals surface area contributed by atoms with Crippen molar-refractivity contribution in [3.63, 3.8) is 0 Å². The van der Waals surface area contributed by atoms with Crippen LogP contribution in [-0.4, -0.2) is 11.6 Å². The molecule has 90 valence electrons. The van der Waals surface area contributed by atoms with E-state index in [9.17, 15) is 4.79 Å². The van der Waals surface area contributed by atoms with Crippen molar-refractivity contribution >= 4 is 5.97 Å². The van der Waals surface area contributed by atoms with Crippen LogP contribution in [0.1, 0.15) is 46.5 Å². The molecule has 0 aromatic heterocycles. The predicted octanol–water partition coefficient (Wildman–Crippen LogP) is 3.32. The van der Waals surface area contributed by atoms with Crippen molar-refractivity contribution in [3.8, 4) is 0 Å². The second-order valence-electron chi connectivity index (χ2n) is 6.13. The number of hydrogen-bond acceptors (Lipinski definition) is 2. The zero-order valence-corrected chi connectivity index (χ0v) is 10.6. The number of esters is 1. The normalized spacial score (nSPS) is 42.1. The largest absolute Gasteiger partial charge is 0.454 e. The third-order valence-corrected chi connectivity index (χ3v) is 4.46. The fourth-order valence-corrected chi connectivity index (χ4v) is 4.06. The Kier molecular flexibility index (Phi) is 2.64. The van der Waals surface area contributed by atoms with Crippen LogP contribution in [0.4, 0.5) is 0 Å². The van der Waals surface area contributed by atoms with Crippen LogP contribution >= 0.6 is 0 Å². The first kappa shape index (κ1) is 11.7. The molecule has 0 aromatic rings. The minimum Gasteiger partial charge on any atom is -0.454 e. The Labute approximate surface area is 98.1 Å². The van der Waals surface area contributed by atoms with E-state index in [1.54, 1.807) is 0 Å². The summed E-state index contributed by atoms with van der Waals surface area (Å²) in [4.78, 5) is 11.6. The van der Waals surface area contributed by atoms with Crippen molar-refractivity contribution in [2.24, 2.45) is 17.3 Å². The van der Waals surface area contributed by atoms with Gasteiger partial charge in [0.25, 0.3) is 0 Å². The van der Waals surface area contributed by atoms with Gasteiger partial charge < -0.3 is 4.74 Å². The van der Waals surface area contributed by atoms with E-state index in [1.807, 2.05) is 6.08 Å². The molecule has 2 nitrogen and oxygen atoms in total. The SMILES string of the molecule is C=CC12CCCC(C)(C)C1[C@H](C)CC(=O)O2. The third-order valence-electron chi connectivity index (χ3n) is 4.46. The van der Waals surface area contributed by atoms with Gasteiger partial charge in [-0.25, -0.2) is 0 Å². The van der Waals surface area contributed by atoms with Gasteiger partial charge in [-0.1, -0.05) is 27.4 Å². The van der Waals surface area contributed by atoms with Crippen LogP contribution < -0.4 is 0 Å². The smallest absolute Gasteiger partial charge is 0.306 e. The van der Waals surface area contributed by atoms with Gasteiger partial charge in [-0.05, 0) is 36.7 Å². The topological polar surface area (TPSA) is 26.3 Å². The zero-order valence-electron chi connectivity index (χ0n) is 10.6. The summed E-state index contributed by atoms with van der Waals surface area (Å²) >= 11 is 0. The molecule has 16 heavy (non-hydrogen) atoms. The van der Waals surface area contributed by atoms with Gasteiger partial charge in [0, 0.05) is 12.3 Å². The van der Waals surface area contributed by atoms with E-state index in [2.05, 4.69) is 27.4 Å². The molecule has 0 bridgehead atoms. The van der Waals surface area contributed by atoms with Crippen LogP contribution in [0.25, 0.3) is 0 Å². The van der Waals surface area contributed by atoms with Crippen LogP contribution in [0.15, 0.2) is 12.7 Å². The zero-order chi connectivity index (χ0) is 12.0. The Hall–Kier alpha value is -0.790. The molecule has 0 spiro atoms. The average Bonchev–Trinajstić information content (AvgIpc) is 2.14. The maximum atomic E-state index is 11.6. The molecule has 0 amide bonds. The van der Waals surface area contributed by atoms with Crippen LogP contribution in [0.2, 0.25) is 0 Å². The number of ether oxygens (including phenoxy) is 1. The van der Waals surface area contributed by atoms with Gasteiger partial charge in [0.2, 0.25) is 0 Å². The van der Waals surface area contributed by atoms with Gasteiger partial charge in [0.1, 0.15) is 5.60 Å². The molecule has 1 aliphatic carbocycles. The molecule has 1 saturated carbocycles. The molecule has 0 aromatic carbocycles. The van der Waals surface area contributed by atoms with E-state index in [0.717, 1.165) is 12.8 Å². The minimum absolute atomic E-state index is 0.0543.